The lowest BCUT2D eigenvalue weighted by Gasteiger charge is -2.33. The highest BCUT2D eigenvalue weighted by Crippen LogP contribution is 2.24. The van der Waals surface area contributed by atoms with Crippen molar-refractivity contribution in [2.45, 2.75) is 18.6 Å². The van der Waals surface area contributed by atoms with Gasteiger partial charge < -0.3 is 10.0 Å². The summed E-state index contributed by atoms with van der Waals surface area (Å²) in [5, 5.41) is 20.6. The molecule has 1 saturated heterocycles. The third-order valence-electron chi connectivity index (χ3n) is 2.76. The molecule has 1 fully saturated rings. The van der Waals surface area contributed by atoms with E-state index in [0.29, 0.717) is 18.8 Å². The Morgan fingerprint density at radius 3 is 3.00 bits per heavy atom. The minimum Gasteiger partial charge on any atom is -0.347 e. The van der Waals surface area contributed by atoms with Crippen molar-refractivity contribution in [3.05, 3.63) is 34.5 Å². The summed E-state index contributed by atoms with van der Waals surface area (Å²) in [6, 6.07) is 5.39. The number of hydrogen-bond donors (Lipinski definition) is 1. The van der Waals surface area contributed by atoms with Crippen molar-refractivity contribution in [1.29, 1.82) is 0 Å². The number of aromatic nitrogens is 1. The molecule has 2 heterocycles. The van der Waals surface area contributed by atoms with Crippen LogP contribution in [0, 0.1) is 10.1 Å². The average molecular weight is 223 g/mol. The Balaban J connectivity index is 2.17. The van der Waals surface area contributed by atoms with Crippen LogP contribution in [0.2, 0.25) is 0 Å². The lowest BCUT2D eigenvalue weighted by Crippen LogP contribution is -2.53. The number of anilines is 1. The number of piperidine rings is 1. The predicted octanol–water partition coefficient (Wildman–Crippen LogP) is 0.647. The van der Waals surface area contributed by atoms with Gasteiger partial charge in [-0.2, -0.15) is 0 Å². The Bertz CT molecular complexity index is 384. The van der Waals surface area contributed by atoms with Crippen LogP contribution in [-0.4, -0.2) is 33.8 Å². The van der Waals surface area contributed by atoms with Gasteiger partial charge in [0.05, 0.1) is 4.92 Å². The molecule has 0 saturated carbocycles. The largest absolute Gasteiger partial charge is 0.347 e. The molecule has 6 heteroatoms. The summed E-state index contributed by atoms with van der Waals surface area (Å²) in [5.41, 5.74) is -1.84. The van der Waals surface area contributed by atoms with Crippen LogP contribution in [0.3, 0.4) is 0 Å². The maximum absolute atomic E-state index is 10.8. The van der Waals surface area contributed by atoms with Gasteiger partial charge in [-0.25, -0.2) is 4.98 Å². The molecule has 1 atom stereocenters. The molecule has 0 spiro atoms. The number of nitro groups is 1. The molecular formula is C10H13N3O3. The summed E-state index contributed by atoms with van der Waals surface area (Å²) in [5.74, 6) is 0.669. The van der Waals surface area contributed by atoms with E-state index in [0.717, 1.165) is 0 Å². The molecule has 6 nitrogen and oxygen atoms in total. The molecule has 16 heavy (non-hydrogen) atoms. The molecule has 0 amide bonds. The summed E-state index contributed by atoms with van der Waals surface area (Å²) >= 11 is 0. The van der Waals surface area contributed by atoms with Crippen molar-refractivity contribution in [3.63, 3.8) is 0 Å². The van der Waals surface area contributed by atoms with Crippen molar-refractivity contribution < 1.29 is 10.0 Å². The van der Waals surface area contributed by atoms with Crippen molar-refractivity contribution in [2.75, 3.05) is 18.0 Å². The minimum atomic E-state index is -1.84. The smallest absolute Gasteiger partial charge is 0.339 e. The number of nitrogens with zero attached hydrogens (tertiary/aromatic N) is 3. The van der Waals surface area contributed by atoms with Crippen LogP contribution in [0.15, 0.2) is 24.4 Å². The van der Waals surface area contributed by atoms with Gasteiger partial charge in [0.1, 0.15) is 12.4 Å². The van der Waals surface area contributed by atoms with E-state index in [4.69, 9.17) is 0 Å². The van der Waals surface area contributed by atoms with Gasteiger partial charge >= 0.3 is 5.72 Å². The maximum atomic E-state index is 10.8. The SMILES string of the molecule is O=[N+]([O-])C1(O)CCCN(c2ccccn2)C1. The Hall–Kier alpha value is -1.69. The summed E-state index contributed by atoms with van der Waals surface area (Å²) in [4.78, 5) is 16.0. The quantitative estimate of drug-likeness (QED) is 0.452. The van der Waals surface area contributed by atoms with E-state index in [2.05, 4.69) is 4.98 Å². The predicted molar refractivity (Wildman–Crippen MR) is 57.6 cm³/mol. The number of aliphatic hydroxyl groups is 1. The van der Waals surface area contributed by atoms with Gasteiger partial charge in [0, 0.05) is 19.2 Å². The number of β-amino-alcohol motifs (C(OH)–C–C–N with tert-alkyl or cyclic N) is 1. The van der Waals surface area contributed by atoms with Gasteiger partial charge in [0.15, 0.2) is 0 Å². The van der Waals surface area contributed by atoms with E-state index in [1.807, 2.05) is 6.07 Å². The van der Waals surface area contributed by atoms with E-state index < -0.39 is 10.6 Å². The topological polar surface area (TPSA) is 79.5 Å². The van der Waals surface area contributed by atoms with Crippen molar-refractivity contribution in [3.8, 4) is 0 Å². The van der Waals surface area contributed by atoms with Crippen LogP contribution in [0.25, 0.3) is 0 Å². The second kappa shape index (κ2) is 4.05. The van der Waals surface area contributed by atoms with Crippen LogP contribution in [0.4, 0.5) is 5.82 Å². The van der Waals surface area contributed by atoms with Gasteiger partial charge in [-0.15, -0.1) is 0 Å². The van der Waals surface area contributed by atoms with Gasteiger partial charge in [-0.3, -0.25) is 10.1 Å². The lowest BCUT2D eigenvalue weighted by molar-refractivity contribution is -0.623. The van der Waals surface area contributed by atoms with Crippen LogP contribution in [0.1, 0.15) is 12.8 Å². The third-order valence-corrected chi connectivity index (χ3v) is 2.76. The zero-order chi connectivity index (χ0) is 11.6. The fourth-order valence-corrected chi connectivity index (χ4v) is 1.90. The minimum absolute atomic E-state index is 0.00296. The van der Waals surface area contributed by atoms with Gasteiger partial charge in [-0.1, -0.05) is 6.07 Å². The zero-order valence-corrected chi connectivity index (χ0v) is 8.74. The molecule has 0 radical (unpaired) electrons. The van der Waals surface area contributed by atoms with E-state index in [1.165, 1.54) is 0 Å². The first-order valence-corrected chi connectivity index (χ1v) is 5.15. The molecular weight excluding hydrogens is 210 g/mol. The summed E-state index contributed by atoms with van der Waals surface area (Å²) in [6.07, 6.45) is 2.42. The molecule has 0 aliphatic carbocycles. The monoisotopic (exact) mass is 223 g/mol. The normalized spacial score (nSPS) is 25.4. The van der Waals surface area contributed by atoms with Crippen LogP contribution < -0.4 is 4.90 Å². The fourth-order valence-electron chi connectivity index (χ4n) is 1.90. The average Bonchev–Trinajstić information content (AvgIpc) is 2.30. The Morgan fingerprint density at radius 1 is 1.56 bits per heavy atom. The molecule has 0 aromatic carbocycles. The molecule has 1 aliphatic heterocycles. The molecule has 2 rings (SSSR count). The molecule has 1 N–H and O–H groups in total. The molecule has 1 aromatic rings. The summed E-state index contributed by atoms with van der Waals surface area (Å²) in [6.45, 7) is 0.685. The van der Waals surface area contributed by atoms with Crippen molar-refractivity contribution >= 4 is 5.82 Å². The second-order valence-corrected chi connectivity index (χ2v) is 3.95. The first-order chi connectivity index (χ1) is 7.62. The summed E-state index contributed by atoms with van der Waals surface area (Å²) < 4.78 is 0. The molecule has 1 aromatic heterocycles. The lowest BCUT2D eigenvalue weighted by atomic mass is 10.0. The number of pyridine rings is 1. The number of rotatable bonds is 2. The van der Waals surface area contributed by atoms with Crippen molar-refractivity contribution in [2.24, 2.45) is 0 Å². The zero-order valence-electron chi connectivity index (χ0n) is 8.74. The molecule has 1 aliphatic rings. The van der Waals surface area contributed by atoms with Crippen LogP contribution in [-0.2, 0) is 0 Å². The first kappa shape index (κ1) is 10.8. The van der Waals surface area contributed by atoms with Gasteiger partial charge in [0.2, 0.25) is 0 Å². The van der Waals surface area contributed by atoms with Crippen molar-refractivity contribution in [1.82, 2.24) is 4.98 Å². The standard InChI is InChI=1S/C10H13N3O3/c14-10(13(15)16)5-3-7-12(8-10)9-4-1-2-6-11-9/h1-2,4,6,14H,3,5,7-8H2. The second-order valence-electron chi connectivity index (χ2n) is 3.95. The van der Waals surface area contributed by atoms with E-state index >= 15 is 0 Å². The van der Waals surface area contributed by atoms with E-state index in [1.54, 1.807) is 23.2 Å². The van der Waals surface area contributed by atoms with Crippen LogP contribution >= 0.6 is 0 Å². The first-order valence-electron chi connectivity index (χ1n) is 5.15. The fraction of sp³-hybridized carbons (Fsp3) is 0.500. The van der Waals surface area contributed by atoms with Crippen LogP contribution in [0.5, 0.6) is 0 Å². The molecule has 0 bridgehead atoms. The van der Waals surface area contributed by atoms with E-state index in [-0.39, 0.29) is 13.0 Å². The third kappa shape index (κ3) is 1.96. The highest BCUT2D eigenvalue weighted by molar-refractivity contribution is 5.38. The Labute approximate surface area is 92.7 Å². The molecule has 86 valence electrons. The number of hydrogen-bond acceptors (Lipinski definition) is 5. The molecule has 1 unspecified atom stereocenters. The van der Waals surface area contributed by atoms with Gasteiger partial charge in [-0.05, 0) is 18.6 Å². The maximum Gasteiger partial charge on any atom is 0.339 e. The summed E-state index contributed by atoms with van der Waals surface area (Å²) in [7, 11) is 0. The highest BCUT2D eigenvalue weighted by Gasteiger charge is 2.44. The highest BCUT2D eigenvalue weighted by atomic mass is 16.7. The Kier molecular flexibility index (Phi) is 2.74. The van der Waals surface area contributed by atoms with Gasteiger partial charge in [0.25, 0.3) is 0 Å². The van der Waals surface area contributed by atoms with E-state index in [9.17, 15) is 15.2 Å². The Morgan fingerprint density at radius 2 is 2.38 bits per heavy atom.